The first-order valence-corrected chi connectivity index (χ1v) is 5.81. The molecule has 0 saturated carbocycles. The Hall–Kier alpha value is -1.94. The van der Waals surface area contributed by atoms with E-state index in [1.807, 2.05) is 37.3 Å². The number of hydrogen-bond acceptors (Lipinski definition) is 3. The zero-order valence-corrected chi connectivity index (χ0v) is 11.0. The lowest BCUT2D eigenvalue weighted by molar-refractivity contribution is -0.140. The first kappa shape index (κ1) is 14.1. The summed E-state index contributed by atoms with van der Waals surface area (Å²) in [5.41, 5.74) is 0.986. The summed E-state index contributed by atoms with van der Waals surface area (Å²) in [5.74, 6) is -0.290. The number of amides is 1. The lowest BCUT2D eigenvalue weighted by atomic mass is 10.1. The summed E-state index contributed by atoms with van der Waals surface area (Å²) in [7, 11) is 3.54. The second-order valence-electron chi connectivity index (χ2n) is 4.00. The van der Waals surface area contributed by atoms with E-state index >= 15 is 0 Å². The summed E-state index contributed by atoms with van der Waals surface area (Å²) in [6, 6.07) is 9.31. The number of rotatable bonds is 5. The fraction of sp³-hybridized carbons (Fsp3) is 0.286. The molecule has 0 aromatic heterocycles. The summed E-state index contributed by atoms with van der Waals surface area (Å²) >= 11 is 0. The molecule has 1 rings (SSSR count). The summed E-state index contributed by atoms with van der Waals surface area (Å²) in [5, 5.41) is 3.17. The average molecular weight is 246 g/mol. The highest BCUT2D eigenvalue weighted by Gasteiger charge is 2.18. The van der Waals surface area contributed by atoms with Gasteiger partial charge in [-0.05, 0) is 18.6 Å². The molecule has 0 saturated heterocycles. The Kier molecular flexibility index (Phi) is 5.27. The van der Waals surface area contributed by atoms with Crippen LogP contribution < -0.4 is 0 Å². The Morgan fingerprint density at radius 3 is 2.28 bits per heavy atom. The van der Waals surface area contributed by atoms with Crippen molar-refractivity contribution in [2.24, 2.45) is 0 Å². The van der Waals surface area contributed by atoms with E-state index in [0.29, 0.717) is 12.8 Å². The summed E-state index contributed by atoms with van der Waals surface area (Å²) in [6.07, 6.45) is 2.20. The van der Waals surface area contributed by atoms with E-state index in [4.69, 9.17) is 0 Å². The van der Waals surface area contributed by atoms with Crippen LogP contribution in [0.5, 0.6) is 0 Å². The third-order valence-corrected chi connectivity index (χ3v) is 2.51. The normalized spacial score (nSPS) is 11.4. The minimum Gasteiger partial charge on any atom is -0.298 e. The molecule has 0 atom stereocenters. The van der Waals surface area contributed by atoms with Crippen LogP contribution in [0.15, 0.2) is 35.9 Å². The van der Waals surface area contributed by atoms with Crippen LogP contribution in [-0.2, 0) is 9.59 Å². The van der Waals surface area contributed by atoms with Crippen LogP contribution in [0.3, 0.4) is 0 Å². The van der Waals surface area contributed by atoms with Gasteiger partial charge in [0.15, 0.2) is 6.29 Å². The highest BCUT2D eigenvalue weighted by atomic mass is 16.2. The molecular formula is C14H18N2O2. The molecule has 18 heavy (non-hydrogen) atoms. The van der Waals surface area contributed by atoms with Crippen LogP contribution in [-0.4, -0.2) is 42.9 Å². The van der Waals surface area contributed by atoms with Gasteiger partial charge >= 0.3 is 0 Å². The number of benzene rings is 1. The summed E-state index contributed by atoms with van der Waals surface area (Å²) in [6.45, 7) is 2.38. The van der Waals surface area contributed by atoms with Crippen LogP contribution in [0.4, 0.5) is 0 Å². The van der Waals surface area contributed by atoms with Gasteiger partial charge in [-0.15, -0.1) is 0 Å². The largest absolute Gasteiger partial charge is 0.298 e. The molecule has 4 nitrogen and oxygen atoms in total. The molecule has 0 aliphatic heterocycles. The molecule has 1 aromatic rings. The number of carbonyl (C=O) groups is 2. The molecule has 0 aliphatic carbocycles. The number of hydrazine groups is 1. The van der Waals surface area contributed by atoms with E-state index in [0.717, 1.165) is 5.56 Å². The number of nitrogens with zero attached hydrogens (tertiary/aromatic N) is 2. The van der Waals surface area contributed by atoms with E-state index in [1.165, 1.54) is 5.01 Å². The van der Waals surface area contributed by atoms with Crippen molar-refractivity contribution in [3.05, 3.63) is 41.5 Å². The molecule has 0 radical (unpaired) electrons. The van der Waals surface area contributed by atoms with Gasteiger partial charge in [-0.1, -0.05) is 30.3 Å². The Labute approximate surface area is 107 Å². The van der Waals surface area contributed by atoms with Gasteiger partial charge in [0, 0.05) is 20.6 Å². The maximum Gasteiger partial charge on any atom is 0.271 e. The minimum atomic E-state index is -0.290. The standard InChI is InChI=1S/C14H18N2O2/c1-4-16(15(2)3)14(18)13(11-17)10-12-8-6-5-7-9-12/h5-11H,4H2,1-3H3. The molecule has 0 heterocycles. The maximum atomic E-state index is 12.1. The molecule has 0 bridgehead atoms. The van der Waals surface area contributed by atoms with Crippen molar-refractivity contribution in [1.29, 1.82) is 0 Å². The topological polar surface area (TPSA) is 40.6 Å². The summed E-state index contributed by atoms with van der Waals surface area (Å²) < 4.78 is 0. The highest BCUT2D eigenvalue weighted by molar-refractivity contribution is 6.14. The predicted octanol–water partition coefficient (Wildman–Crippen LogP) is 1.59. The maximum absolute atomic E-state index is 12.1. The van der Waals surface area contributed by atoms with Crippen LogP contribution >= 0.6 is 0 Å². The fourth-order valence-corrected chi connectivity index (χ4v) is 1.63. The molecule has 0 unspecified atom stereocenters. The predicted molar refractivity (Wildman–Crippen MR) is 71.6 cm³/mol. The molecule has 0 aliphatic rings. The zero-order chi connectivity index (χ0) is 13.5. The van der Waals surface area contributed by atoms with Gasteiger partial charge in [0.05, 0.1) is 5.57 Å². The van der Waals surface area contributed by atoms with E-state index in [1.54, 1.807) is 25.2 Å². The molecule has 96 valence electrons. The molecule has 1 amide bonds. The van der Waals surface area contributed by atoms with Gasteiger partial charge in [0.2, 0.25) is 0 Å². The van der Waals surface area contributed by atoms with Crippen molar-refractivity contribution in [3.8, 4) is 0 Å². The quantitative estimate of drug-likeness (QED) is 0.260. The monoisotopic (exact) mass is 246 g/mol. The van der Waals surface area contributed by atoms with Crippen LogP contribution in [0.25, 0.3) is 6.08 Å². The lowest BCUT2D eigenvalue weighted by Gasteiger charge is -2.27. The number of aldehydes is 1. The lowest BCUT2D eigenvalue weighted by Crippen LogP contribution is -2.42. The SMILES string of the molecule is CCN(C(=O)C(C=O)=Cc1ccccc1)N(C)C. The Balaban J connectivity index is 3.00. The Bertz CT molecular complexity index is 438. The molecule has 0 spiro atoms. The Morgan fingerprint density at radius 1 is 1.22 bits per heavy atom. The van der Waals surface area contributed by atoms with Gasteiger partial charge in [0.1, 0.15) is 0 Å². The van der Waals surface area contributed by atoms with Gasteiger partial charge in [0.25, 0.3) is 5.91 Å². The van der Waals surface area contributed by atoms with Crippen LogP contribution in [0.1, 0.15) is 12.5 Å². The van der Waals surface area contributed by atoms with Crippen molar-refractivity contribution in [2.75, 3.05) is 20.6 Å². The third-order valence-electron chi connectivity index (χ3n) is 2.51. The second-order valence-corrected chi connectivity index (χ2v) is 4.00. The molecule has 1 aromatic carbocycles. The smallest absolute Gasteiger partial charge is 0.271 e. The molecular weight excluding hydrogens is 228 g/mol. The average Bonchev–Trinajstić information content (AvgIpc) is 2.37. The van der Waals surface area contributed by atoms with Crippen molar-refractivity contribution < 1.29 is 9.59 Å². The number of hydrogen-bond donors (Lipinski definition) is 0. The Morgan fingerprint density at radius 2 is 1.83 bits per heavy atom. The molecule has 0 N–H and O–H groups in total. The van der Waals surface area contributed by atoms with Gasteiger partial charge in [-0.25, -0.2) is 5.01 Å². The summed E-state index contributed by atoms with van der Waals surface area (Å²) in [4.78, 5) is 23.2. The van der Waals surface area contributed by atoms with Crippen molar-refractivity contribution in [1.82, 2.24) is 10.0 Å². The third kappa shape index (κ3) is 3.53. The van der Waals surface area contributed by atoms with Crippen LogP contribution in [0, 0.1) is 0 Å². The van der Waals surface area contributed by atoms with Crippen LogP contribution in [0.2, 0.25) is 0 Å². The van der Waals surface area contributed by atoms with E-state index in [-0.39, 0.29) is 11.5 Å². The van der Waals surface area contributed by atoms with Crippen molar-refractivity contribution >= 4 is 18.3 Å². The fourth-order valence-electron chi connectivity index (χ4n) is 1.63. The van der Waals surface area contributed by atoms with Crippen molar-refractivity contribution in [2.45, 2.75) is 6.92 Å². The first-order valence-electron chi connectivity index (χ1n) is 5.81. The molecule has 4 heteroatoms. The highest BCUT2D eigenvalue weighted by Crippen LogP contribution is 2.08. The van der Waals surface area contributed by atoms with E-state index in [9.17, 15) is 9.59 Å². The number of likely N-dealkylation sites (N-methyl/N-ethyl adjacent to an activating group) is 1. The molecule has 0 fully saturated rings. The minimum absolute atomic E-state index is 0.150. The zero-order valence-electron chi connectivity index (χ0n) is 11.0. The van der Waals surface area contributed by atoms with Gasteiger partial charge in [-0.2, -0.15) is 0 Å². The second kappa shape index (κ2) is 6.71. The first-order chi connectivity index (χ1) is 8.60. The van der Waals surface area contributed by atoms with Gasteiger partial charge in [-0.3, -0.25) is 14.6 Å². The van der Waals surface area contributed by atoms with Gasteiger partial charge < -0.3 is 0 Å². The number of carbonyl (C=O) groups excluding carboxylic acids is 2. The van der Waals surface area contributed by atoms with E-state index < -0.39 is 0 Å². The van der Waals surface area contributed by atoms with E-state index in [2.05, 4.69) is 0 Å². The van der Waals surface area contributed by atoms with Crippen molar-refractivity contribution in [3.63, 3.8) is 0 Å².